The van der Waals surface area contributed by atoms with Gasteiger partial charge in [0.25, 0.3) is 0 Å². The number of hydrogen-bond acceptors (Lipinski definition) is 5. The Balaban J connectivity index is 1.68. The van der Waals surface area contributed by atoms with Gasteiger partial charge in [-0.1, -0.05) is 0 Å². The van der Waals surface area contributed by atoms with Crippen LogP contribution < -0.4 is 10.6 Å². The summed E-state index contributed by atoms with van der Waals surface area (Å²) >= 11 is 0. The summed E-state index contributed by atoms with van der Waals surface area (Å²) in [6, 6.07) is -0.640. The quantitative estimate of drug-likeness (QED) is 0.653. The zero-order chi connectivity index (χ0) is 16.0. The van der Waals surface area contributed by atoms with Crippen LogP contribution in [0.2, 0.25) is 0 Å². The molecule has 7 nitrogen and oxygen atoms in total. The number of ether oxygens (including phenoxy) is 1. The maximum absolute atomic E-state index is 12.6. The minimum absolute atomic E-state index is 0.129. The fraction of sp³-hybridized carbons (Fsp3) is 0.800. The van der Waals surface area contributed by atoms with E-state index in [0.717, 1.165) is 17.7 Å². The fourth-order valence-corrected chi connectivity index (χ4v) is 3.74. The van der Waals surface area contributed by atoms with Crippen molar-refractivity contribution < 1.29 is 19.1 Å². The number of nitrogens with zero attached hydrogens (tertiary/aromatic N) is 1. The number of nitrogens with one attached hydrogen (secondary N) is 2. The second-order valence-electron chi connectivity index (χ2n) is 6.50. The molecule has 3 rings (SSSR count). The van der Waals surface area contributed by atoms with Crippen LogP contribution in [0.5, 0.6) is 0 Å². The highest BCUT2D eigenvalue weighted by molar-refractivity contribution is 6.09. The second kappa shape index (κ2) is 5.62. The Morgan fingerprint density at radius 1 is 1.23 bits per heavy atom. The summed E-state index contributed by atoms with van der Waals surface area (Å²) in [7, 11) is 1.81. The average Bonchev–Trinajstić information content (AvgIpc) is 3.18. The van der Waals surface area contributed by atoms with Crippen molar-refractivity contribution in [2.45, 2.75) is 51.0 Å². The third-order valence-electron chi connectivity index (χ3n) is 5.16. The van der Waals surface area contributed by atoms with Gasteiger partial charge in [0.05, 0.1) is 24.0 Å². The minimum atomic E-state index is -0.769. The first-order chi connectivity index (χ1) is 10.5. The zero-order valence-electron chi connectivity index (χ0n) is 13.2. The molecule has 122 valence electrons. The average molecular weight is 309 g/mol. The van der Waals surface area contributed by atoms with Gasteiger partial charge in [-0.05, 0) is 33.7 Å². The van der Waals surface area contributed by atoms with E-state index in [9.17, 15) is 14.4 Å². The highest BCUT2D eigenvalue weighted by Gasteiger charge is 2.63. The van der Waals surface area contributed by atoms with Crippen LogP contribution in [0, 0.1) is 11.8 Å². The maximum Gasteiger partial charge on any atom is 0.243 e. The molecule has 0 aromatic heterocycles. The minimum Gasteiger partial charge on any atom is -0.373 e. The van der Waals surface area contributed by atoms with Crippen LogP contribution in [-0.2, 0) is 19.1 Å². The zero-order valence-corrected chi connectivity index (χ0v) is 13.2. The molecule has 3 fully saturated rings. The number of likely N-dealkylation sites (tertiary alicyclic amines) is 1. The Bertz CT molecular complexity index is 481. The number of fused-ring (bicyclic) bond motifs is 5. The number of carbonyl (C=O) groups is 3. The van der Waals surface area contributed by atoms with Gasteiger partial charge in [0, 0.05) is 12.6 Å². The fourth-order valence-electron chi connectivity index (χ4n) is 3.74. The molecule has 6 atom stereocenters. The van der Waals surface area contributed by atoms with Crippen molar-refractivity contribution in [3.63, 3.8) is 0 Å². The molecule has 6 unspecified atom stereocenters. The monoisotopic (exact) mass is 309 g/mol. The van der Waals surface area contributed by atoms with Gasteiger partial charge in [0.2, 0.25) is 17.7 Å². The van der Waals surface area contributed by atoms with Gasteiger partial charge in [-0.25, -0.2) is 0 Å². The third-order valence-corrected chi connectivity index (χ3v) is 5.16. The van der Waals surface area contributed by atoms with E-state index in [0.29, 0.717) is 6.54 Å². The number of rotatable bonds is 5. The summed E-state index contributed by atoms with van der Waals surface area (Å²) in [5, 5.41) is 5.80. The number of carbonyl (C=O) groups excluding carboxylic acids is 3. The van der Waals surface area contributed by atoms with Crippen LogP contribution in [0.15, 0.2) is 0 Å². The Morgan fingerprint density at radius 3 is 2.27 bits per heavy atom. The lowest BCUT2D eigenvalue weighted by molar-refractivity contribution is -0.149. The normalized spacial score (nSPS) is 35.7. The summed E-state index contributed by atoms with van der Waals surface area (Å²) in [5.41, 5.74) is 0. The van der Waals surface area contributed by atoms with Crippen molar-refractivity contribution >= 4 is 17.7 Å². The van der Waals surface area contributed by atoms with E-state index in [-0.39, 0.29) is 47.8 Å². The maximum atomic E-state index is 12.6. The third kappa shape index (κ3) is 2.23. The summed E-state index contributed by atoms with van der Waals surface area (Å²) in [6.45, 7) is 4.01. The van der Waals surface area contributed by atoms with Crippen molar-refractivity contribution in [2.24, 2.45) is 11.8 Å². The first-order valence-corrected chi connectivity index (χ1v) is 7.93. The van der Waals surface area contributed by atoms with Crippen LogP contribution in [0.25, 0.3) is 0 Å². The van der Waals surface area contributed by atoms with E-state index in [1.807, 2.05) is 14.0 Å². The molecule has 7 heteroatoms. The van der Waals surface area contributed by atoms with Crippen LogP contribution in [0.3, 0.4) is 0 Å². The molecule has 3 amide bonds. The van der Waals surface area contributed by atoms with Crippen LogP contribution >= 0.6 is 0 Å². The predicted molar refractivity (Wildman–Crippen MR) is 77.7 cm³/mol. The van der Waals surface area contributed by atoms with Gasteiger partial charge in [-0.3, -0.25) is 19.3 Å². The molecule has 3 aliphatic rings. The molecule has 0 aliphatic carbocycles. The number of likely N-dealkylation sites (N-methyl/N-ethyl adjacent to an activating group) is 1. The van der Waals surface area contributed by atoms with E-state index >= 15 is 0 Å². The number of imide groups is 1. The van der Waals surface area contributed by atoms with E-state index < -0.39 is 6.04 Å². The van der Waals surface area contributed by atoms with E-state index in [4.69, 9.17) is 4.74 Å². The molecule has 3 saturated heterocycles. The summed E-state index contributed by atoms with van der Waals surface area (Å²) < 4.78 is 5.69. The summed E-state index contributed by atoms with van der Waals surface area (Å²) in [4.78, 5) is 38.5. The van der Waals surface area contributed by atoms with Gasteiger partial charge >= 0.3 is 0 Å². The van der Waals surface area contributed by atoms with Gasteiger partial charge in [-0.2, -0.15) is 0 Å². The molecule has 3 aliphatic heterocycles. The van der Waals surface area contributed by atoms with Gasteiger partial charge < -0.3 is 15.4 Å². The van der Waals surface area contributed by atoms with Crippen LogP contribution in [0.1, 0.15) is 26.7 Å². The Labute approximate surface area is 129 Å². The molecule has 3 heterocycles. The standard InChI is InChI=1S/C15H23N3O4/c1-7(16-3)6-17-13(19)8(2)18-14(20)11-9-4-5-10(22-9)12(11)15(18)21/h7-12,16H,4-6H2,1-3H3,(H,17,19). The van der Waals surface area contributed by atoms with E-state index in [2.05, 4.69) is 10.6 Å². The summed E-state index contributed by atoms with van der Waals surface area (Å²) in [6.07, 6.45) is 1.38. The molecule has 0 aromatic rings. The molecule has 0 radical (unpaired) electrons. The topological polar surface area (TPSA) is 87.7 Å². The Kier molecular flexibility index (Phi) is 3.94. The molecule has 22 heavy (non-hydrogen) atoms. The largest absolute Gasteiger partial charge is 0.373 e. The SMILES string of the molecule is CNC(C)CNC(=O)C(C)N1C(=O)C2C3CCC(O3)C2C1=O. The lowest BCUT2D eigenvalue weighted by Crippen LogP contribution is -2.51. The number of hydrogen-bond donors (Lipinski definition) is 2. The molecule has 0 spiro atoms. The van der Waals surface area contributed by atoms with Crippen LogP contribution in [0.4, 0.5) is 0 Å². The van der Waals surface area contributed by atoms with Crippen molar-refractivity contribution in [2.75, 3.05) is 13.6 Å². The van der Waals surface area contributed by atoms with Gasteiger partial charge in [-0.15, -0.1) is 0 Å². The second-order valence-corrected chi connectivity index (χ2v) is 6.50. The van der Waals surface area contributed by atoms with Crippen molar-refractivity contribution in [3.05, 3.63) is 0 Å². The lowest BCUT2D eigenvalue weighted by atomic mass is 9.81. The Hall–Kier alpha value is -1.47. The van der Waals surface area contributed by atoms with E-state index in [1.165, 1.54) is 0 Å². The van der Waals surface area contributed by atoms with Gasteiger partial charge in [0.15, 0.2) is 0 Å². The molecule has 0 saturated carbocycles. The van der Waals surface area contributed by atoms with E-state index in [1.54, 1.807) is 6.92 Å². The number of amides is 3. The van der Waals surface area contributed by atoms with Crippen LogP contribution in [-0.4, -0.2) is 60.5 Å². The van der Waals surface area contributed by atoms with Crippen molar-refractivity contribution in [1.29, 1.82) is 0 Å². The molecule has 2 bridgehead atoms. The highest BCUT2D eigenvalue weighted by Crippen LogP contribution is 2.48. The van der Waals surface area contributed by atoms with Gasteiger partial charge in [0.1, 0.15) is 6.04 Å². The molecular weight excluding hydrogens is 286 g/mol. The molecular formula is C15H23N3O4. The van der Waals surface area contributed by atoms with Crippen molar-refractivity contribution in [1.82, 2.24) is 15.5 Å². The smallest absolute Gasteiger partial charge is 0.243 e. The first-order valence-electron chi connectivity index (χ1n) is 7.93. The highest BCUT2D eigenvalue weighted by atomic mass is 16.5. The predicted octanol–water partition coefficient (Wildman–Crippen LogP) is -0.739. The Morgan fingerprint density at radius 2 is 1.77 bits per heavy atom. The molecule has 0 aromatic carbocycles. The lowest BCUT2D eigenvalue weighted by Gasteiger charge is -2.24. The van der Waals surface area contributed by atoms with Crippen molar-refractivity contribution in [3.8, 4) is 0 Å². The first kappa shape index (κ1) is 15.4. The molecule has 2 N–H and O–H groups in total. The summed E-state index contributed by atoms with van der Waals surface area (Å²) in [5.74, 6) is -1.54.